The van der Waals surface area contributed by atoms with Crippen LogP contribution in [0, 0.1) is 13.8 Å². The molecule has 0 spiro atoms. The van der Waals surface area contributed by atoms with Gasteiger partial charge in [0.1, 0.15) is 17.6 Å². The molecule has 8 nitrogen and oxygen atoms in total. The fourth-order valence-electron chi connectivity index (χ4n) is 3.47. The van der Waals surface area contributed by atoms with E-state index in [1.54, 1.807) is 0 Å². The van der Waals surface area contributed by atoms with E-state index >= 15 is 0 Å². The molecule has 1 atom stereocenters. The molecule has 2 N–H and O–H groups in total. The highest BCUT2D eigenvalue weighted by atomic mass is 16.2. The minimum absolute atomic E-state index is 0.0177. The van der Waals surface area contributed by atoms with Gasteiger partial charge in [0.2, 0.25) is 5.91 Å². The van der Waals surface area contributed by atoms with Crippen LogP contribution in [0.4, 0.5) is 17.2 Å². The van der Waals surface area contributed by atoms with Gasteiger partial charge in [-0.2, -0.15) is 0 Å². The Balaban J connectivity index is 1.45. The number of nitrogens with one attached hydrogen (secondary N) is 2. The summed E-state index contributed by atoms with van der Waals surface area (Å²) in [6.07, 6.45) is 1.94. The third kappa shape index (κ3) is 3.91. The molecule has 1 aliphatic heterocycles. The Morgan fingerprint density at radius 1 is 1.24 bits per heavy atom. The highest BCUT2D eigenvalue weighted by Crippen LogP contribution is 2.34. The molecule has 0 bridgehead atoms. The second-order valence-electron chi connectivity index (χ2n) is 7.51. The quantitative estimate of drug-likeness (QED) is 0.695. The first-order valence-electron chi connectivity index (χ1n) is 9.64. The third-order valence-electron chi connectivity index (χ3n) is 5.23. The molecule has 1 amide bonds. The Hall–Kier alpha value is -3.42. The summed E-state index contributed by atoms with van der Waals surface area (Å²) in [4.78, 5) is 18.6. The number of rotatable bonds is 5. The molecule has 8 heteroatoms. The summed E-state index contributed by atoms with van der Waals surface area (Å²) in [5.74, 6) is 0.723. The van der Waals surface area contributed by atoms with Crippen LogP contribution in [0.3, 0.4) is 0 Å². The van der Waals surface area contributed by atoms with E-state index in [-0.39, 0.29) is 11.9 Å². The number of carbonyl (C=O) groups excluding carboxylic acids is 1. The molecule has 1 aliphatic rings. The highest BCUT2D eigenvalue weighted by Gasteiger charge is 2.28. The maximum absolute atomic E-state index is 12.1. The van der Waals surface area contributed by atoms with Gasteiger partial charge in [-0.25, -0.2) is 9.67 Å². The lowest BCUT2D eigenvalue weighted by molar-refractivity contribution is -0.117. The maximum Gasteiger partial charge on any atom is 0.246 e. The van der Waals surface area contributed by atoms with Gasteiger partial charge in [0.05, 0.1) is 36.4 Å². The monoisotopic (exact) mass is 391 g/mol. The number of anilines is 3. The molecule has 3 heterocycles. The smallest absolute Gasteiger partial charge is 0.246 e. The van der Waals surface area contributed by atoms with Crippen molar-refractivity contribution >= 4 is 23.1 Å². The Labute approximate surface area is 169 Å². The first kappa shape index (κ1) is 18.9. The van der Waals surface area contributed by atoms with Gasteiger partial charge < -0.3 is 15.5 Å². The fraction of sp³-hybridized carbons (Fsp3) is 0.333. The lowest BCUT2D eigenvalue weighted by Gasteiger charge is -2.34. The Morgan fingerprint density at radius 2 is 2.07 bits per heavy atom. The molecule has 1 aromatic carbocycles. The van der Waals surface area contributed by atoms with E-state index in [4.69, 9.17) is 0 Å². The predicted molar refractivity (Wildman–Crippen MR) is 113 cm³/mol. The van der Waals surface area contributed by atoms with Crippen LogP contribution in [0.2, 0.25) is 0 Å². The average molecular weight is 391 g/mol. The van der Waals surface area contributed by atoms with Crippen molar-refractivity contribution in [2.45, 2.75) is 39.9 Å². The van der Waals surface area contributed by atoms with E-state index in [9.17, 15) is 4.79 Å². The van der Waals surface area contributed by atoms with Gasteiger partial charge in [-0.15, -0.1) is 5.10 Å². The number of aromatic nitrogens is 4. The summed E-state index contributed by atoms with van der Waals surface area (Å²) >= 11 is 0. The molecule has 0 aliphatic carbocycles. The van der Waals surface area contributed by atoms with Gasteiger partial charge >= 0.3 is 0 Å². The highest BCUT2D eigenvalue weighted by molar-refractivity contribution is 6.04. The number of nitrogens with zero attached hydrogens (tertiary/aromatic N) is 5. The van der Waals surface area contributed by atoms with Crippen LogP contribution < -0.4 is 15.5 Å². The van der Waals surface area contributed by atoms with Crippen LogP contribution in [0.1, 0.15) is 29.4 Å². The number of likely N-dealkylation sites (N-methyl/N-ethyl adjacent to an activating group) is 1. The summed E-state index contributed by atoms with van der Waals surface area (Å²) < 4.78 is 1.84. The minimum atomic E-state index is -0.223. The van der Waals surface area contributed by atoms with Gasteiger partial charge in [-0.1, -0.05) is 35.0 Å². The number of hydrogen-bond donors (Lipinski definition) is 2. The van der Waals surface area contributed by atoms with E-state index in [0.717, 1.165) is 28.6 Å². The van der Waals surface area contributed by atoms with Crippen molar-refractivity contribution < 1.29 is 4.79 Å². The van der Waals surface area contributed by atoms with Crippen molar-refractivity contribution in [2.75, 3.05) is 22.6 Å². The molecule has 0 saturated heterocycles. The minimum Gasteiger partial charge on any atom is -0.364 e. The molecule has 4 rings (SSSR count). The first-order valence-corrected chi connectivity index (χ1v) is 9.64. The molecule has 150 valence electrons. The van der Waals surface area contributed by atoms with Crippen LogP contribution in [0.25, 0.3) is 0 Å². The number of fused-ring (bicyclic) bond motifs is 1. The summed E-state index contributed by atoms with van der Waals surface area (Å²) in [6, 6.07) is 10.1. The van der Waals surface area contributed by atoms with Gasteiger partial charge in [0.25, 0.3) is 0 Å². The largest absolute Gasteiger partial charge is 0.364 e. The average Bonchev–Trinajstić information content (AvgIpc) is 3.13. The number of benzene rings is 1. The molecule has 0 fully saturated rings. The molecule has 2 aromatic heterocycles. The van der Waals surface area contributed by atoms with Crippen molar-refractivity contribution in [2.24, 2.45) is 0 Å². The summed E-state index contributed by atoms with van der Waals surface area (Å²) in [5, 5.41) is 14.7. The summed E-state index contributed by atoms with van der Waals surface area (Å²) in [7, 11) is 1.92. The Bertz CT molecular complexity index is 1060. The lowest BCUT2D eigenvalue weighted by Crippen LogP contribution is -2.44. The van der Waals surface area contributed by atoms with Crippen LogP contribution in [0.15, 0.2) is 36.5 Å². The van der Waals surface area contributed by atoms with Gasteiger partial charge in [-0.05, 0) is 26.3 Å². The molecular weight excluding hydrogens is 366 g/mol. The zero-order valence-electron chi connectivity index (χ0n) is 17.1. The van der Waals surface area contributed by atoms with Crippen molar-refractivity contribution in [1.29, 1.82) is 0 Å². The summed E-state index contributed by atoms with van der Waals surface area (Å²) in [5.41, 5.74) is 5.76. The Morgan fingerprint density at radius 3 is 2.86 bits per heavy atom. The van der Waals surface area contributed by atoms with E-state index < -0.39 is 0 Å². The van der Waals surface area contributed by atoms with E-state index in [1.165, 1.54) is 11.1 Å². The number of aryl methyl sites for hydroxylation is 2. The molecule has 0 radical (unpaired) electrons. The van der Waals surface area contributed by atoms with Gasteiger partial charge in [0.15, 0.2) is 0 Å². The lowest BCUT2D eigenvalue weighted by atomic mass is 10.1. The van der Waals surface area contributed by atoms with Crippen LogP contribution in [0.5, 0.6) is 0 Å². The SMILES string of the molecule is Cc1cccc(Cn2cc(CNc3cc4c(c(C)n3)NC(=O)[C@H](C)N4C)nn2)c1. The fourth-order valence-corrected chi connectivity index (χ4v) is 3.47. The van der Waals surface area contributed by atoms with Crippen molar-refractivity contribution in [1.82, 2.24) is 20.0 Å². The second-order valence-corrected chi connectivity index (χ2v) is 7.51. The molecule has 29 heavy (non-hydrogen) atoms. The van der Waals surface area contributed by atoms with Gasteiger partial charge in [0, 0.05) is 13.1 Å². The predicted octanol–water partition coefficient (Wildman–Crippen LogP) is 2.73. The molecule has 0 unspecified atom stereocenters. The standard InChI is InChI=1S/C21H25N7O/c1-13-6-5-7-16(8-13)11-28-12-17(25-26-28)10-22-19-9-18-20(14(2)23-19)24-21(29)15(3)27(18)4/h5-9,12,15H,10-11H2,1-4H3,(H,22,23)(H,24,29)/t15-/m0/s1. The van der Waals surface area contributed by atoms with Crippen LogP contribution in [-0.4, -0.2) is 39.0 Å². The van der Waals surface area contributed by atoms with Crippen molar-refractivity contribution in [3.63, 3.8) is 0 Å². The summed E-state index contributed by atoms with van der Waals surface area (Å²) in [6.45, 7) is 7.06. The zero-order valence-corrected chi connectivity index (χ0v) is 17.1. The Kier molecular flexibility index (Phi) is 4.92. The molecular formula is C21H25N7O. The van der Waals surface area contributed by atoms with Gasteiger partial charge in [-0.3, -0.25) is 4.79 Å². The van der Waals surface area contributed by atoms with Crippen molar-refractivity contribution in [3.05, 3.63) is 59.0 Å². The van der Waals surface area contributed by atoms with E-state index in [0.29, 0.717) is 13.1 Å². The maximum atomic E-state index is 12.1. The number of hydrogen-bond acceptors (Lipinski definition) is 6. The zero-order chi connectivity index (χ0) is 20.5. The topological polar surface area (TPSA) is 88.0 Å². The normalized spacial score (nSPS) is 15.8. The van der Waals surface area contributed by atoms with E-state index in [1.807, 2.05) is 42.7 Å². The van der Waals surface area contributed by atoms with Crippen LogP contribution in [-0.2, 0) is 17.9 Å². The number of amides is 1. The number of carbonyl (C=O) groups is 1. The second kappa shape index (κ2) is 7.54. The third-order valence-corrected chi connectivity index (χ3v) is 5.23. The molecule has 3 aromatic rings. The van der Waals surface area contributed by atoms with E-state index in [2.05, 4.69) is 57.1 Å². The number of pyridine rings is 1. The first-order chi connectivity index (χ1) is 13.9. The van der Waals surface area contributed by atoms with Crippen molar-refractivity contribution in [3.8, 4) is 0 Å². The molecule has 0 saturated carbocycles. The van der Waals surface area contributed by atoms with Crippen LogP contribution >= 0.6 is 0 Å².